The van der Waals surface area contributed by atoms with Gasteiger partial charge in [0.2, 0.25) is 0 Å². The third kappa shape index (κ3) is 2.19. The van der Waals surface area contributed by atoms with Crippen molar-refractivity contribution in [2.75, 3.05) is 0 Å². The summed E-state index contributed by atoms with van der Waals surface area (Å²) in [5.41, 5.74) is 1.98. The second kappa shape index (κ2) is 5.16. The molecule has 0 saturated heterocycles. The third-order valence-electron chi connectivity index (χ3n) is 3.15. The van der Waals surface area contributed by atoms with E-state index < -0.39 is 0 Å². The van der Waals surface area contributed by atoms with E-state index in [1.165, 1.54) is 11.3 Å². The van der Waals surface area contributed by atoms with Gasteiger partial charge in [-0.05, 0) is 24.4 Å². The number of ketones is 1. The van der Waals surface area contributed by atoms with Crippen LogP contribution in [-0.2, 0) is 0 Å². The van der Waals surface area contributed by atoms with E-state index in [-0.39, 0.29) is 5.78 Å². The SMILES string of the molecule is Cc1[nH]c2sc(Cl)cc2c1C(=O)c1cccc(P)c1Cl. The number of hydrogen-bond donors (Lipinski definition) is 1. The quantitative estimate of drug-likeness (QED) is 0.537. The standard InChI is InChI=1S/C14H10Cl2NOPS/c1-6-11(8-5-10(15)20-14(8)17-6)13(18)7-3-2-4-9(19)12(7)16/h2-5,17H,19H2,1H3. The molecule has 102 valence electrons. The van der Waals surface area contributed by atoms with Crippen molar-refractivity contribution in [3.05, 3.63) is 50.4 Å². The highest BCUT2D eigenvalue weighted by Gasteiger charge is 2.21. The first-order valence-electron chi connectivity index (χ1n) is 5.85. The molecular weight excluding hydrogens is 332 g/mol. The van der Waals surface area contributed by atoms with E-state index in [0.717, 1.165) is 21.2 Å². The average Bonchev–Trinajstić information content (AvgIpc) is 2.86. The Morgan fingerprint density at radius 1 is 1.35 bits per heavy atom. The lowest BCUT2D eigenvalue weighted by Crippen LogP contribution is -2.07. The van der Waals surface area contributed by atoms with Gasteiger partial charge in [0, 0.05) is 16.6 Å². The van der Waals surface area contributed by atoms with Crippen LogP contribution in [-0.4, -0.2) is 10.8 Å². The number of fused-ring (bicyclic) bond motifs is 1. The molecule has 0 aliphatic rings. The van der Waals surface area contributed by atoms with Crippen molar-refractivity contribution >= 4 is 65.1 Å². The molecule has 0 bridgehead atoms. The first kappa shape index (κ1) is 14.1. The van der Waals surface area contributed by atoms with Crippen LogP contribution in [0.25, 0.3) is 10.2 Å². The number of benzene rings is 1. The van der Waals surface area contributed by atoms with Crippen molar-refractivity contribution in [1.82, 2.24) is 4.98 Å². The largest absolute Gasteiger partial charge is 0.350 e. The van der Waals surface area contributed by atoms with Crippen molar-refractivity contribution in [1.29, 1.82) is 0 Å². The minimum absolute atomic E-state index is 0.0856. The van der Waals surface area contributed by atoms with Crippen molar-refractivity contribution < 1.29 is 4.79 Å². The number of H-pyrrole nitrogens is 1. The first-order valence-corrected chi connectivity index (χ1v) is 8.00. The predicted molar refractivity (Wildman–Crippen MR) is 90.2 cm³/mol. The maximum Gasteiger partial charge on any atom is 0.197 e. The number of hydrogen-bond acceptors (Lipinski definition) is 2. The van der Waals surface area contributed by atoms with Crippen molar-refractivity contribution in [2.45, 2.75) is 6.92 Å². The van der Waals surface area contributed by atoms with E-state index in [9.17, 15) is 4.79 Å². The fourth-order valence-electron chi connectivity index (χ4n) is 2.23. The highest BCUT2D eigenvalue weighted by molar-refractivity contribution is 7.28. The van der Waals surface area contributed by atoms with E-state index in [1.54, 1.807) is 6.07 Å². The summed E-state index contributed by atoms with van der Waals surface area (Å²) in [5.74, 6) is -0.0856. The molecule has 20 heavy (non-hydrogen) atoms. The Morgan fingerprint density at radius 3 is 2.85 bits per heavy atom. The van der Waals surface area contributed by atoms with E-state index in [4.69, 9.17) is 23.2 Å². The van der Waals surface area contributed by atoms with Crippen molar-refractivity contribution in [3.63, 3.8) is 0 Å². The minimum Gasteiger partial charge on any atom is -0.350 e. The Bertz CT molecular complexity index is 837. The molecule has 1 aromatic carbocycles. The van der Waals surface area contributed by atoms with Gasteiger partial charge in [-0.3, -0.25) is 4.79 Å². The van der Waals surface area contributed by atoms with Crippen LogP contribution in [0.5, 0.6) is 0 Å². The number of carbonyl (C=O) groups excluding carboxylic acids is 1. The Hall–Kier alpha value is -0.860. The molecule has 0 spiro atoms. The van der Waals surface area contributed by atoms with E-state index in [2.05, 4.69) is 14.2 Å². The molecule has 0 radical (unpaired) electrons. The topological polar surface area (TPSA) is 32.9 Å². The highest BCUT2D eigenvalue weighted by atomic mass is 35.5. The number of thiophene rings is 1. The number of aromatic nitrogens is 1. The molecule has 0 amide bonds. The molecule has 0 fully saturated rings. The molecule has 0 aliphatic carbocycles. The van der Waals surface area contributed by atoms with Crippen LogP contribution in [0.3, 0.4) is 0 Å². The van der Waals surface area contributed by atoms with Gasteiger partial charge >= 0.3 is 0 Å². The Balaban J connectivity index is 2.22. The van der Waals surface area contributed by atoms with Crippen molar-refractivity contribution in [2.24, 2.45) is 0 Å². The van der Waals surface area contributed by atoms with Crippen LogP contribution in [0.4, 0.5) is 0 Å². The number of carbonyl (C=O) groups is 1. The summed E-state index contributed by atoms with van der Waals surface area (Å²) in [6, 6.07) is 7.23. The number of aromatic amines is 1. The molecule has 1 unspecified atom stereocenters. The van der Waals surface area contributed by atoms with Gasteiger partial charge in [-0.1, -0.05) is 35.3 Å². The lowest BCUT2D eigenvalue weighted by molar-refractivity contribution is 0.104. The monoisotopic (exact) mass is 341 g/mol. The van der Waals surface area contributed by atoms with Crippen molar-refractivity contribution in [3.8, 4) is 0 Å². The van der Waals surface area contributed by atoms with Gasteiger partial charge in [-0.2, -0.15) is 0 Å². The van der Waals surface area contributed by atoms with Gasteiger partial charge in [0.1, 0.15) is 4.83 Å². The zero-order valence-corrected chi connectivity index (χ0v) is 13.9. The summed E-state index contributed by atoms with van der Waals surface area (Å²) in [6.45, 7) is 1.88. The second-order valence-corrected chi connectivity index (χ2v) is 7.14. The summed E-state index contributed by atoms with van der Waals surface area (Å²) in [5, 5.41) is 2.13. The van der Waals surface area contributed by atoms with E-state index in [0.29, 0.717) is 20.5 Å². The Labute approximate surface area is 132 Å². The van der Waals surface area contributed by atoms with Crippen LogP contribution in [0.1, 0.15) is 21.6 Å². The zero-order chi connectivity index (χ0) is 14.4. The average molecular weight is 342 g/mol. The molecule has 1 atom stereocenters. The number of aryl methyl sites for hydroxylation is 1. The molecule has 3 aromatic rings. The minimum atomic E-state index is -0.0856. The fourth-order valence-corrected chi connectivity index (χ4v) is 3.89. The number of nitrogens with one attached hydrogen (secondary N) is 1. The first-order chi connectivity index (χ1) is 9.49. The normalized spacial score (nSPS) is 11.2. The molecular formula is C14H10Cl2NOPS. The van der Waals surface area contributed by atoms with Crippen LogP contribution < -0.4 is 5.30 Å². The van der Waals surface area contributed by atoms with Gasteiger partial charge in [0.05, 0.1) is 14.9 Å². The molecule has 1 N–H and O–H groups in total. The number of halogens is 2. The molecule has 6 heteroatoms. The lowest BCUT2D eigenvalue weighted by Gasteiger charge is -2.05. The molecule has 2 aromatic heterocycles. The fraction of sp³-hybridized carbons (Fsp3) is 0.0714. The van der Waals surface area contributed by atoms with Crippen LogP contribution >= 0.6 is 43.8 Å². The highest BCUT2D eigenvalue weighted by Crippen LogP contribution is 2.34. The summed E-state index contributed by atoms with van der Waals surface area (Å²) < 4.78 is 0.659. The van der Waals surface area contributed by atoms with Gasteiger partial charge < -0.3 is 4.98 Å². The van der Waals surface area contributed by atoms with E-state index >= 15 is 0 Å². The number of rotatable bonds is 2. The smallest absolute Gasteiger partial charge is 0.197 e. The van der Waals surface area contributed by atoms with Crippen LogP contribution in [0.15, 0.2) is 24.3 Å². The van der Waals surface area contributed by atoms with Crippen LogP contribution in [0.2, 0.25) is 9.36 Å². The molecule has 2 heterocycles. The Kier molecular flexibility index (Phi) is 3.64. The van der Waals surface area contributed by atoms with E-state index in [1.807, 2.05) is 25.1 Å². The van der Waals surface area contributed by atoms with Gasteiger partial charge in [-0.25, -0.2) is 0 Å². The van der Waals surface area contributed by atoms with Gasteiger partial charge in [0.15, 0.2) is 5.78 Å². The zero-order valence-electron chi connectivity index (χ0n) is 10.5. The van der Waals surface area contributed by atoms with Crippen LogP contribution in [0, 0.1) is 6.92 Å². The summed E-state index contributed by atoms with van der Waals surface area (Å²) in [4.78, 5) is 16.9. The second-order valence-electron chi connectivity index (χ2n) is 4.46. The predicted octanol–water partition coefficient (Wildman–Crippen LogP) is 4.58. The maximum absolute atomic E-state index is 12.8. The lowest BCUT2D eigenvalue weighted by atomic mass is 10.0. The summed E-state index contributed by atoms with van der Waals surface area (Å²) >= 11 is 13.7. The van der Waals surface area contributed by atoms with Gasteiger partial charge in [0.25, 0.3) is 0 Å². The summed E-state index contributed by atoms with van der Waals surface area (Å²) in [6.07, 6.45) is 0. The molecule has 0 aliphatic heterocycles. The van der Waals surface area contributed by atoms with Gasteiger partial charge in [-0.15, -0.1) is 20.6 Å². The molecule has 3 rings (SSSR count). The molecule has 0 saturated carbocycles. The third-order valence-corrected chi connectivity index (χ3v) is 5.41. The maximum atomic E-state index is 12.8. The molecule has 2 nitrogen and oxygen atoms in total. The summed E-state index contributed by atoms with van der Waals surface area (Å²) in [7, 11) is 2.53. The Morgan fingerprint density at radius 2 is 2.10 bits per heavy atom.